The molecule has 3 heterocycles. The van der Waals surface area contributed by atoms with Crippen LogP contribution in [-0.4, -0.2) is 67.5 Å². The predicted octanol–water partition coefficient (Wildman–Crippen LogP) is 3.62. The molecule has 0 saturated heterocycles. The fourth-order valence-corrected chi connectivity index (χ4v) is 4.89. The molecule has 1 N–H and O–H groups in total. The highest BCUT2D eigenvalue weighted by Gasteiger charge is 2.23. The lowest BCUT2D eigenvalue weighted by molar-refractivity contribution is 0.0674. The molecular formula is C24H29BrN6O3. The molecule has 1 saturated carbocycles. The van der Waals surface area contributed by atoms with Gasteiger partial charge in [0.05, 0.1) is 23.4 Å². The van der Waals surface area contributed by atoms with Crippen molar-refractivity contribution >= 4 is 38.8 Å². The Morgan fingerprint density at radius 3 is 2.44 bits per heavy atom. The molecule has 0 aromatic carbocycles. The number of hydrogen-bond donors (Lipinski definition) is 1. The van der Waals surface area contributed by atoms with Gasteiger partial charge in [-0.2, -0.15) is 5.10 Å². The Hall–Kier alpha value is -3.01. The van der Waals surface area contributed by atoms with Crippen LogP contribution >= 0.6 is 15.9 Å². The number of nitrogens with one attached hydrogen (secondary N) is 1. The molecule has 10 heteroatoms. The molecule has 0 radical (unpaired) electrons. The van der Waals surface area contributed by atoms with Gasteiger partial charge in [-0.3, -0.25) is 14.4 Å². The highest BCUT2D eigenvalue weighted by Crippen LogP contribution is 2.31. The summed E-state index contributed by atoms with van der Waals surface area (Å²) in [4.78, 5) is 48.3. The van der Waals surface area contributed by atoms with Crippen LogP contribution in [0.4, 0.5) is 0 Å². The van der Waals surface area contributed by atoms with Crippen LogP contribution in [0.2, 0.25) is 0 Å². The first-order chi connectivity index (χ1) is 16.4. The van der Waals surface area contributed by atoms with Gasteiger partial charge in [0.15, 0.2) is 5.65 Å². The third kappa shape index (κ3) is 4.91. The first-order valence-electron chi connectivity index (χ1n) is 11.7. The fraction of sp³-hybridized carbons (Fsp3) is 0.458. The third-order valence-corrected chi connectivity index (χ3v) is 7.09. The lowest BCUT2D eigenvalue weighted by Gasteiger charge is -2.27. The van der Waals surface area contributed by atoms with Crippen LogP contribution in [-0.2, 0) is 0 Å². The molecule has 34 heavy (non-hydrogen) atoms. The van der Waals surface area contributed by atoms with Crippen molar-refractivity contribution in [3.8, 4) is 0 Å². The van der Waals surface area contributed by atoms with Crippen LogP contribution in [0.15, 0.2) is 40.0 Å². The average molecular weight is 529 g/mol. The first kappa shape index (κ1) is 24.1. The van der Waals surface area contributed by atoms with Gasteiger partial charge in [-0.05, 0) is 48.7 Å². The number of pyridine rings is 2. The number of likely N-dealkylation sites (N-methyl/N-ethyl adjacent to an activating group) is 2. The van der Waals surface area contributed by atoms with Gasteiger partial charge in [0.25, 0.3) is 11.8 Å². The molecule has 0 atom stereocenters. The minimum Gasteiger partial charge on any atom is -0.337 e. The van der Waals surface area contributed by atoms with Gasteiger partial charge in [-0.1, -0.05) is 12.8 Å². The number of carbonyl (C=O) groups excluding carboxylic acids is 2. The van der Waals surface area contributed by atoms with Gasteiger partial charge in [-0.25, -0.2) is 9.67 Å². The quantitative estimate of drug-likeness (QED) is 0.480. The number of rotatable bonds is 8. The SMILES string of the molecule is CCN(CCN(CC)C(=O)c1cc(=O)[nH]cc1Br)C(=O)c1cnc2c(cnn2C2CCCC2)c1. The van der Waals surface area contributed by atoms with E-state index in [1.165, 1.54) is 25.1 Å². The topological polar surface area (TPSA) is 104 Å². The fourth-order valence-electron chi connectivity index (χ4n) is 4.49. The normalized spacial score (nSPS) is 14.0. The smallest absolute Gasteiger partial charge is 0.255 e. The zero-order valence-electron chi connectivity index (χ0n) is 19.5. The molecule has 2 amide bonds. The summed E-state index contributed by atoms with van der Waals surface area (Å²) in [5.74, 6) is -0.391. The number of nitrogens with zero attached hydrogens (tertiary/aromatic N) is 5. The van der Waals surface area contributed by atoms with Crippen LogP contribution in [0.3, 0.4) is 0 Å². The van der Waals surface area contributed by atoms with E-state index in [1.807, 2.05) is 24.6 Å². The molecule has 1 aliphatic rings. The van der Waals surface area contributed by atoms with Crippen LogP contribution in [0.25, 0.3) is 11.0 Å². The lowest BCUT2D eigenvalue weighted by atomic mass is 10.2. The van der Waals surface area contributed by atoms with Crippen molar-refractivity contribution in [1.82, 2.24) is 29.5 Å². The van der Waals surface area contributed by atoms with Gasteiger partial charge in [0.2, 0.25) is 5.56 Å². The predicted molar refractivity (Wildman–Crippen MR) is 133 cm³/mol. The maximum atomic E-state index is 13.2. The number of amides is 2. The van der Waals surface area contributed by atoms with E-state index in [0.717, 1.165) is 23.9 Å². The Bertz CT molecular complexity index is 1250. The number of aromatic nitrogens is 4. The number of halogens is 1. The Kier molecular flexibility index (Phi) is 7.45. The van der Waals surface area contributed by atoms with Crippen molar-refractivity contribution in [3.63, 3.8) is 0 Å². The summed E-state index contributed by atoms with van der Waals surface area (Å²) in [6.07, 6.45) is 9.52. The second-order valence-electron chi connectivity index (χ2n) is 8.49. The van der Waals surface area contributed by atoms with Crippen molar-refractivity contribution < 1.29 is 9.59 Å². The molecule has 0 spiro atoms. The van der Waals surface area contributed by atoms with Crippen molar-refractivity contribution in [3.05, 3.63) is 56.7 Å². The van der Waals surface area contributed by atoms with Gasteiger partial charge in [0.1, 0.15) is 0 Å². The van der Waals surface area contributed by atoms with E-state index < -0.39 is 0 Å². The molecule has 3 aromatic rings. The summed E-state index contributed by atoms with van der Waals surface area (Å²) >= 11 is 3.32. The summed E-state index contributed by atoms with van der Waals surface area (Å²) in [5, 5.41) is 5.39. The zero-order chi connectivity index (χ0) is 24.2. The average Bonchev–Trinajstić information content (AvgIpc) is 3.52. The van der Waals surface area contributed by atoms with E-state index in [1.54, 1.807) is 22.2 Å². The highest BCUT2D eigenvalue weighted by atomic mass is 79.9. The molecular weight excluding hydrogens is 500 g/mol. The molecule has 0 aliphatic heterocycles. The van der Waals surface area contributed by atoms with Crippen LogP contribution in [0.5, 0.6) is 0 Å². The molecule has 3 aromatic heterocycles. The summed E-state index contributed by atoms with van der Waals surface area (Å²) in [7, 11) is 0. The summed E-state index contributed by atoms with van der Waals surface area (Å²) in [6, 6.07) is 3.52. The van der Waals surface area contributed by atoms with E-state index in [4.69, 9.17) is 0 Å². The Morgan fingerprint density at radius 2 is 1.76 bits per heavy atom. The first-order valence-corrected chi connectivity index (χ1v) is 12.5. The molecule has 180 valence electrons. The minimum atomic E-state index is -0.341. The van der Waals surface area contributed by atoms with Crippen LogP contribution in [0.1, 0.15) is 66.3 Å². The van der Waals surface area contributed by atoms with Gasteiger partial charge >= 0.3 is 0 Å². The van der Waals surface area contributed by atoms with E-state index in [-0.39, 0.29) is 17.4 Å². The van der Waals surface area contributed by atoms with Crippen LogP contribution < -0.4 is 5.56 Å². The largest absolute Gasteiger partial charge is 0.337 e. The van der Waals surface area contributed by atoms with Crippen molar-refractivity contribution in [2.45, 2.75) is 45.6 Å². The molecule has 0 unspecified atom stereocenters. The van der Waals surface area contributed by atoms with Gasteiger partial charge in [0, 0.05) is 54.5 Å². The van der Waals surface area contributed by atoms with E-state index in [2.05, 4.69) is 31.0 Å². The van der Waals surface area contributed by atoms with E-state index >= 15 is 0 Å². The lowest BCUT2D eigenvalue weighted by Crippen LogP contribution is -2.41. The van der Waals surface area contributed by atoms with Crippen LogP contribution in [0, 0.1) is 0 Å². The Labute approximate surface area is 206 Å². The van der Waals surface area contributed by atoms with Gasteiger partial charge < -0.3 is 14.8 Å². The highest BCUT2D eigenvalue weighted by molar-refractivity contribution is 9.10. The maximum absolute atomic E-state index is 13.2. The molecule has 9 nitrogen and oxygen atoms in total. The van der Waals surface area contributed by atoms with E-state index in [9.17, 15) is 14.4 Å². The zero-order valence-corrected chi connectivity index (χ0v) is 21.0. The van der Waals surface area contributed by atoms with Crippen molar-refractivity contribution in [2.75, 3.05) is 26.2 Å². The third-order valence-electron chi connectivity index (χ3n) is 6.43. The monoisotopic (exact) mass is 528 g/mol. The van der Waals surface area contributed by atoms with E-state index in [0.29, 0.717) is 47.8 Å². The standard InChI is InChI=1S/C24H29BrN6O3/c1-3-29(9-10-30(4-2)24(34)19-12-21(32)26-15-20(19)25)23(33)17-11-16-14-28-31(22(16)27-13-17)18-7-5-6-8-18/h11-15,18H,3-10H2,1-2H3,(H,26,32). The van der Waals surface area contributed by atoms with Gasteiger partial charge in [-0.15, -0.1) is 0 Å². The van der Waals surface area contributed by atoms with Crippen molar-refractivity contribution in [2.24, 2.45) is 0 Å². The summed E-state index contributed by atoms with van der Waals surface area (Å²) < 4.78 is 2.52. The second kappa shape index (κ2) is 10.5. The number of H-pyrrole nitrogens is 1. The maximum Gasteiger partial charge on any atom is 0.255 e. The molecule has 1 fully saturated rings. The molecule has 1 aliphatic carbocycles. The summed E-state index contributed by atoms with van der Waals surface area (Å²) in [6.45, 7) is 5.46. The second-order valence-corrected chi connectivity index (χ2v) is 9.35. The Balaban J connectivity index is 1.46. The number of aromatic amines is 1. The number of hydrogen-bond acceptors (Lipinski definition) is 5. The van der Waals surface area contributed by atoms with Crippen molar-refractivity contribution in [1.29, 1.82) is 0 Å². The minimum absolute atomic E-state index is 0.133. The molecule has 0 bridgehead atoms. The summed E-state index contributed by atoms with van der Waals surface area (Å²) in [5.41, 5.74) is 1.28. The molecule has 4 rings (SSSR count). The number of carbonyl (C=O) groups is 2. The number of fused-ring (bicyclic) bond motifs is 1. The Morgan fingerprint density at radius 1 is 1.09 bits per heavy atom.